The topological polar surface area (TPSA) is 82.2 Å². The van der Waals surface area contributed by atoms with E-state index in [1.807, 2.05) is 24.3 Å². The van der Waals surface area contributed by atoms with Crippen LogP contribution in [0.1, 0.15) is 55.3 Å². The second-order valence-corrected chi connectivity index (χ2v) is 10.9. The molecular formula is C27H36N4O4. The van der Waals surface area contributed by atoms with E-state index in [9.17, 15) is 14.4 Å². The van der Waals surface area contributed by atoms with Gasteiger partial charge < -0.3 is 19.9 Å². The van der Waals surface area contributed by atoms with E-state index in [-0.39, 0.29) is 36.2 Å². The Morgan fingerprint density at radius 3 is 2.31 bits per heavy atom. The number of nitrogens with one attached hydrogen (secondary N) is 1. The molecule has 188 valence electrons. The van der Waals surface area contributed by atoms with Crippen LogP contribution < -0.4 is 10.2 Å². The van der Waals surface area contributed by atoms with Crippen molar-refractivity contribution in [3.8, 4) is 0 Å². The Hall–Kier alpha value is -2.45. The van der Waals surface area contributed by atoms with Crippen molar-refractivity contribution in [2.24, 2.45) is 5.92 Å². The summed E-state index contributed by atoms with van der Waals surface area (Å²) in [4.78, 5) is 45.9. The lowest BCUT2D eigenvalue weighted by Gasteiger charge is -2.36. The SMILES string of the molecule is O=C(N[C@H](C(=O)N1CC[C@H]2OCC(=O)[C@H]21)C1CCCC1)c1ccc(N2CCN(C3CC3)CC2)cc1. The number of hydrogen-bond donors (Lipinski definition) is 1. The van der Waals surface area contributed by atoms with Crippen molar-refractivity contribution in [3.63, 3.8) is 0 Å². The predicted molar refractivity (Wildman–Crippen MR) is 131 cm³/mol. The third kappa shape index (κ3) is 4.58. The van der Waals surface area contributed by atoms with Gasteiger partial charge in [-0.25, -0.2) is 0 Å². The van der Waals surface area contributed by atoms with E-state index in [2.05, 4.69) is 15.1 Å². The van der Waals surface area contributed by atoms with Crippen molar-refractivity contribution in [1.82, 2.24) is 15.1 Å². The van der Waals surface area contributed by atoms with Crippen molar-refractivity contribution in [2.75, 3.05) is 44.2 Å². The first-order valence-corrected chi connectivity index (χ1v) is 13.4. The molecule has 0 aromatic heterocycles. The van der Waals surface area contributed by atoms with Gasteiger partial charge in [0.2, 0.25) is 5.91 Å². The molecule has 3 aliphatic heterocycles. The number of benzene rings is 1. The number of piperazine rings is 1. The van der Waals surface area contributed by atoms with Crippen LogP contribution in [0.2, 0.25) is 0 Å². The molecule has 8 heteroatoms. The maximum atomic E-state index is 13.6. The summed E-state index contributed by atoms with van der Waals surface area (Å²) in [5.74, 6) is -0.247. The van der Waals surface area contributed by atoms with Gasteiger partial charge in [0, 0.05) is 50.0 Å². The molecule has 2 saturated carbocycles. The van der Waals surface area contributed by atoms with Crippen molar-refractivity contribution in [3.05, 3.63) is 29.8 Å². The van der Waals surface area contributed by atoms with Crippen molar-refractivity contribution >= 4 is 23.3 Å². The Morgan fingerprint density at radius 2 is 1.63 bits per heavy atom. The number of carbonyl (C=O) groups is 3. The highest BCUT2D eigenvalue weighted by Gasteiger charge is 2.49. The van der Waals surface area contributed by atoms with Crippen LogP contribution in [0, 0.1) is 5.92 Å². The summed E-state index contributed by atoms with van der Waals surface area (Å²) >= 11 is 0. The van der Waals surface area contributed by atoms with Crippen molar-refractivity contribution < 1.29 is 19.1 Å². The van der Waals surface area contributed by atoms with Gasteiger partial charge in [-0.1, -0.05) is 12.8 Å². The zero-order chi connectivity index (χ0) is 23.9. The molecule has 1 N–H and O–H groups in total. The standard InChI is InChI=1S/C27H36N4O4/c32-22-17-35-23-11-12-31(25(22)23)27(34)24(18-3-1-2-4-18)28-26(33)19-5-7-20(8-6-19)29-13-15-30(16-14-29)21-9-10-21/h5-8,18,21,23-25H,1-4,9-17H2,(H,28,33)/t23-,24+,25-/m1/s1. The van der Waals surface area contributed by atoms with Gasteiger partial charge in [-0.05, 0) is 62.3 Å². The van der Waals surface area contributed by atoms with Gasteiger partial charge in [-0.15, -0.1) is 0 Å². The molecule has 35 heavy (non-hydrogen) atoms. The number of nitrogens with zero attached hydrogens (tertiary/aromatic N) is 3. The van der Waals surface area contributed by atoms with Crippen molar-refractivity contribution in [1.29, 1.82) is 0 Å². The zero-order valence-electron chi connectivity index (χ0n) is 20.4. The second kappa shape index (κ2) is 9.54. The second-order valence-electron chi connectivity index (χ2n) is 10.9. The van der Waals surface area contributed by atoms with Crippen LogP contribution in [0.5, 0.6) is 0 Å². The minimum absolute atomic E-state index is 0.0223. The quantitative estimate of drug-likeness (QED) is 0.669. The summed E-state index contributed by atoms with van der Waals surface area (Å²) in [5.41, 5.74) is 1.71. The minimum Gasteiger partial charge on any atom is -0.369 e. The molecule has 1 aromatic rings. The van der Waals surface area contributed by atoms with E-state index >= 15 is 0 Å². The average molecular weight is 481 g/mol. The molecule has 8 nitrogen and oxygen atoms in total. The Balaban J connectivity index is 1.12. The lowest BCUT2D eigenvalue weighted by molar-refractivity contribution is -0.139. The third-order valence-corrected chi connectivity index (χ3v) is 8.69. The number of hydrogen-bond acceptors (Lipinski definition) is 6. The Labute approximate surface area is 206 Å². The molecule has 2 aliphatic carbocycles. The fourth-order valence-electron chi connectivity index (χ4n) is 6.53. The molecule has 3 heterocycles. The van der Waals surface area contributed by atoms with E-state index in [0.717, 1.165) is 63.6 Å². The van der Waals surface area contributed by atoms with Crippen LogP contribution in [0.15, 0.2) is 24.3 Å². The number of carbonyl (C=O) groups excluding carboxylic acids is 3. The van der Waals surface area contributed by atoms with Gasteiger partial charge in [0.1, 0.15) is 18.7 Å². The van der Waals surface area contributed by atoms with Crippen molar-refractivity contribution in [2.45, 2.75) is 69.2 Å². The molecular weight excluding hydrogens is 444 g/mol. The molecule has 0 radical (unpaired) electrons. The number of ether oxygens (including phenoxy) is 1. The van der Waals surface area contributed by atoms with E-state index in [1.54, 1.807) is 4.90 Å². The number of amides is 2. The van der Waals surface area contributed by atoms with E-state index in [1.165, 1.54) is 12.8 Å². The summed E-state index contributed by atoms with van der Waals surface area (Å²) in [5, 5.41) is 3.07. The molecule has 5 fully saturated rings. The number of Topliss-reactive ketones (excluding diaryl/α,β-unsaturated/α-hetero) is 1. The maximum Gasteiger partial charge on any atom is 0.251 e. The van der Waals surface area contributed by atoms with Crippen LogP contribution in [0.4, 0.5) is 5.69 Å². The summed E-state index contributed by atoms with van der Waals surface area (Å²) in [6.45, 7) is 4.83. The highest BCUT2D eigenvalue weighted by molar-refractivity contribution is 5.99. The summed E-state index contributed by atoms with van der Waals surface area (Å²) < 4.78 is 5.57. The van der Waals surface area contributed by atoms with Gasteiger partial charge in [0.25, 0.3) is 5.91 Å². The predicted octanol–water partition coefficient (Wildman–Crippen LogP) is 1.83. The monoisotopic (exact) mass is 480 g/mol. The van der Waals surface area contributed by atoms with Gasteiger partial charge in [-0.2, -0.15) is 0 Å². The first kappa shape index (κ1) is 23.0. The zero-order valence-corrected chi connectivity index (χ0v) is 20.4. The molecule has 0 spiro atoms. The number of rotatable bonds is 6. The fraction of sp³-hybridized carbons (Fsp3) is 0.667. The van der Waals surface area contributed by atoms with E-state index < -0.39 is 12.1 Å². The highest BCUT2D eigenvalue weighted by Crippen LogP contribution is 2.33. The van der Waals surface area contributed by atoms with E-state index in [4.69, 9.17) is 4.74 Å². The van der Waals surface area contributed by atoms with Gasteiger partial charge in [-0.3, -0.25) is 19.3 Å². The molecule has 6 rings (SSSR count). The van der Waals surface area contributed by atoms with Gasteiger partial charge >= 0.3 is 0 Å². The summed E-state index contributed by atoms with van der Waals surface area (Å²) in [6.07, 6.45) is 7.18. The summed E-state index contributed by atoms with van der Waals surface area (Å²) in [6, 6.07) is 7.52. The summed E-state index contributed by atoms with van der Waals surface area (Å²) in [7, 11) is 0. The third-order valence-electron chi connectivity index (χ3n) is 8.69. The average Bonchev–Trinajstić information content (AvgIpc) is 3.26. The Kier molecular flexibility index (Phi) is 6.26. The van der Waals surface area contributed by atoms with Crippen LogP contribution in [0.25, 0.3) is 0 Å². The van der Waals surface area contributed by atoms with E-state index in [0.29, 0.717) is 18.5 Å². The number of ketones is 1. The number of likely N-dealkylation sites (tertiary alicyclic amines) is 1. The largest absolute Gasteiger partial charge is 0.369 e. The lowest BCUT2D eigenvalue weighted by atomic mass is 9.95. The maximum absolute atomic E-state index is 13.6. The normalized spacial score (nSPS) is 28.4. The van der Waals surface area contributed by atoms with Crippen LogP contribution >= 0.6 is 0 Å². The first-order valence-electron chi connectivity index (χ1n) is 13.4. The Bertz CT molecular complexity index is 964. The fourth-order valence-corrected chi connectivity index (χ4v) is 6.53. The van der Waals surface area contributed by atoms with Crippen LogP contribution in [0.3, 0.4) is 0 Å². The molecule has 3 saturated heterocycles. The lowest BCUT2D eigenvalue weighted by Crippen LogP contribution is -2.54. The van der Waals surface area contributed by atoms with Crippen LogP contribution in [-0.4, -0.2) is 91.0 Å². The van der Waals surface area contributed by atoms with Gasteiger partial charge in [0.05, 0.1) is 6.10 Å². The molecule has 0 bridgehead atoms. The molecule has 5 aliphatic rings. The smallest absolute Gasteiger partial charge is 0.251 e. The minimum atomic E-state index is -0.590. The molecule has 2 amide bonds. The number of fused-ring (bicyclic) bond motifs is 1. The molecule has 0 unspecified atom stereocenters. The molecule has 1 aromatic carbocycles. The first-order chi connectivity index (χ1) is 17.1. The Morgan fingerprint density at radius 1 is 0.914 bits per heavy atom. The molecule has 3 atom stereocenters. The van der Waals surface area contributed by atoms with Gasteiger partial charge in [0.15, 0.2) is 5.78 Å². The van der Waals surface area contributed by atoms with Crippen LogP contribution in [-0.2, 0) is 14.3 Å². The number of anilines is 1. The highest BCUT2D eigenvalue weighted by atomic mass is 16.5.